The summed E-state index contributed by atoms with van der Waals surface area (Å²) in [7, 11) is 0. The van der Waals surface area contributed by atoms with Gasteiger partial charge in [-0.1, -0.05) is 20.8 Å². The molecule has 0 fully saturated rings. The van der Waals surface area contributed by atoms with E-state index in [1.807, 2.05) is 0 Å². The van der Waals surface area contributed by atoms with Crippen LogP contribution in [0.25, 0.3) is 0 Å². The van der Waals surface area contributed by atoms with Crippen LogP contribution in [0.4, 0.5) is 0 Å². The maximum absolute atomic E-state index is 10.1. The van der Waals surface area contributed by atoms with E-state index in [1.165, 1.54) is 0 Å². The number of rotatable bonds is 1. The fourth-order valence-electron chi connectivity index (χ4n) is 0.354. The third kappa shape index (κ3) is 4.82. The first-order valence-electron chi connectivity index (χ1n) is 2.82. The predicted molar refractivity (Wildman–Crippen MR) is 32.4 cm³/mol. The largest absolute Gasteiger partial charge is 1.00 e. The number of hydrogen-bond acceptors (Lipinski definition) is 3. The van der Waals surface area contributed by atoms with E-state index in [9.17, 15) is 9.90 Å². The van der Waals surface area contributed by atoms with Crippen molar-refractivity contribution in [1.82, 2.24) is 0 Å². The number of carbonyl (C=O) groups excluding carboxylic acids is 1. The van der Waals surface area contributed by atoms with E-state index in [0.717, 1.165) is 0 Å². The van der Waals surface area contributed by atoms with E-state index in [2.05, 4.69) is 0 Å². The molecule has 0 aliphatic rings. The Balaban J connectivity index is 0. The second-order valence-electron chi connectivity index (χ2n) is 3.16. The number of hydrogen-bond donors (Lipinski definition) is 1. The van der Waals surface area contributed by atoms with Gasteiger partial charge in [0.1, 0.15) is 0 Å². The summed E-state index contributed by atoms with van der Waals surface area (Å²) in [6.07, 6.45) is 0. The van der Waals surface area contributed by atoms with Crippen molar-refractivity contribution in [2.45, 2.75) is 26.8 Å². The van der Waals surface area contributed by atoms with Gasteiger partial charge in [-0.25, -0.2) is 0 Å². The molecule has 0 heterocycles. The molecule has 4 heteroatoms. The van der Waals surface area contributed by atoms with Crippen LogP contribution in [-0.2, 0) is 4.79 Å². The molecular weight excluding hydrogens is 157 g/mol. The molecule has 10 heavy (non-hydrogen) atoms. The van der Waals surface area contributed by atoms with E-state index in [4.69, 9.17) is 5.73 Å². The van der Waals surface area contributed by atoms with Gasteiger partial charge in [0.15, 0.2) is 0 Å². The molecule has 54 valence electrons. The third-order valence-corrected chi connectivity index (χ3v) is 1.19. The molecule has 0 aromatic heterocycles. The molecule has 0 bridgehead atoms. The van der Waals surface area contributed by atoms with Crippen molar-refractivity contribution in [1.29, 1.82) is 0 Å². The molecule has 0 aromatic carbocycles. The first-order valence-corrected chi connectivity index (χ1v) is 2.82. The second-order valence-corrected chi connectivity index (χ2v) is 3.16. The Bertz CT molecular complexity index is 119. The first-order chi connectivity index (χ1) is 3.85. The van der Waals surface area contributed by atoms with Gasteiger partial charge in [0.2, 0.25) is 0 Å². The average molecular weight is 169 g/mol. The fraction of sp³-hybridized carbons (Fsp3) is 0.833. The molecule has 2 N–H and O–H groups in total. The molecule has 0 unspecified atom stereocenters. The van der Waals surface area contributed by atoms with Crippen LogP contribution in [0.2, 0.25) is 0 Å². The van der Waals surface area contributed by atoms with Crippen LogP contribution in [0.1, 0.15) is 20.8 Å². The third-order valence-electron chi connectivity index (χ3n) is 1.19. The van der Waals surface area contributed by atoms with Gasteiger partial charge in [-0.05, 0) is 5.41 Å². The van der Waals surface area contributed by atoms with Crippen molar-refractivity contribution in [2.75, 3.05) is 0 Å². The summed E-state index contributed by atoms with van der Waals surface area (Å²) in [6, 6.07) is -0.877. The molecule has 0 saturated carbocycles. The van der Waals surface area contributed by atoms with Gasteiger partial charge < -0.3 is 15.6 Å². The quantitative estimate of drug-likeness (QED) is 0.408. The van der Waals surface area contributed by atoms with Crippen molar-refractivity contribution in [3.63, 3.8) is 0 Å². The Labute approximate surface area is 104 Å². The maximum Gasteiger partial charge on any atom is 1.00 e. The fourth-order valence-corrected chi connectivity index (χ4v) is 0.354. The summed E-state index contributed by atoms with van der Waals surface area (Å²) in [6.45, 7) is 5.27. The van der Waals surface area contributed by atoms with Crippen molar-refractivity contribution < 1.29 is 61.3 Å². The van der Waals surface area contributed by atoms with E-state index >= 15 is 0 Å². The summed E-state index contributed by atoms with van der Waals surface area (Å²) in [5.41, 5.74) is 4.83. The van der Waals surface area contributed by atoms with Crippen LogP contribution in [0.3, 0.4) is 0 Å². The molecule has 0 aliphatic heterocycles. The molecule has 0 aliphatic carbocycles. The molecule has 1 atom stereocenters. The van der Waals surface area contributed by atoms with E-state index in [0.29, 0.717) is 0 Å². The smallest absolute Gasteiger partial charge is 0.548 e. The average Bonchev–Trinajstić information content (AvgIpc) is 1.62. The zero-order chi connectivity index (χ0) is 7.65. The summed E-state index contributed by atoms with van der Waals surface area (Å²) < 4.78 is 0. The van der Waals surface area contributed by atoms with Gasteiger partial charge >= 0.3 is 51.4 Å². The number of carbonyl (C=O) groups is 1. The van der Waals surface area contributed by atoms with Gasteiger partial charge in [-0.3, -0.25) is 0 Å². The van der Waals surface area contributed by atoms with Crippen molar-refractivity contribution >= 4 is 5.97 Å². The van der Waals surface area contributed by atoms with E-state index in [-0.39, 0.29) is 51.4 Å². The summed E-state index contributed by atoms with van der Waals surface area (Å²) in [4.78, 5) is 10.1. The Morgan fingerprint density at radius 1 is 1.50 bits per heavy atom. The molecule has 0 spiro atoms. The second kappa shape index (κ2) is 4.85. The van der Waals surface area contributed by atoms with Crippen molar-refractivity contribution in [3.8, 4) is 0 Å². The van der Waals surface area contributed by atoms with Crippen molar-refractivity contribution in [2.24, 2.45) is 11.1 Å². The van der Waals surface area contributed by atoms with Crippen molar-refractivity contribution in [3.05, 3.63) is 0 Å². The van der Waals surface area contributed by atoms with Crippen LogP contribution >= 0.6 is 0 Å². The SMILES string of the molecule is CC(C)(C)[C@@H](N)C(=O)[O-].[K+]. The van der Waals surface area contributed by atoms with Crippen LogP contribution in [0.15, 0.2) is 0 Å². The van der Waals surface area contributed by atoms with Crippen LogP contribution in [0.5, 0.6) is 0 Å². The number of carboxylic acid groups (broad SMARTS) is 1. The summed E-state index contributed by atoms with van der Waals surface area (Å²) in [5.74, 6) is -1.19. The predicted octanol–water partition coefficient (Wildman–Crippen LogP) is -3.89. The number of carboxylic acids is 1. The van der Waals surface area contributed by atoms with Gasteiger partial charge in [0.05, 0.1) is 5.97 Å². The molecule has 0 rings (SSSR count). The molecular formula is C6H12KNO2. The maximum atomic E-state index is 10.1. The Hall–Kier alpha value is 1.07. The molecule has 0 amide bonds. The number of nitrogens with two attached hydrogens (primary N) is 1. The van der Waals surface area contributed by atoms with Crippen LogP contribution in [0, 0.1) is 5.41 Å². The summed E-state index contributed by atoms with van der Waals surface area (Å²) in [5, 5.41) is 10.1. The van der Waals surface area contributed by atoms with Crippen LogP contribution in [-0.4, -0.2) is 12.0 Å². The molecule has 0 saturated heterocycles. The standard InChI is InChI=1S/C6H13NO2.K/c1-6(2,3)4(7)5(8)9;/h4H,7H2,1-3H3,(H,8,9);/q;+1/p-1/t4-;/m0./s1. The Kier molecular flexibility index (Phi) is 6.61. The molecule has 0 radical (unpaired) electrons. The first kappa shape index (κ1) is 13.6. The summed E-state index contributed by atoms with van der Waals surface area (Å²) >= 11 is 0. The normalized spacial score (nSPS) is 13.6. The van der Waals surface area contributed by atoms with E-state index in [1.54, 1.807) is 20.8 Å². The molecule has 3 nitrogen and oxygen atoms in total. The monoisotopic (exact) mass is 169 g/mol. The van der Waals surface area contributed by atoms with E-state index < -0.39 is 17.4 Å². The number of aliphatic carboxylic acids is 1. The van der Waals surface area contributed by atoms with Gasteiger partial charge in [0, 0.05) is 6.04 Å². The van der Waals surface area contributed by atoms with Gasteiger partial charge in [0.25, 0.3) is 0 Å². The molecule has 0 aromatic rings. The Morgan fingerprint density at radius 2 is 1.80 bits per heavy atom. The minimum atomic E-state index is -1.19. The van der Waals surface area contributed by atoms with Gasteiger partial charge in [-0.15, -0.1) is 0 Å². The zero-order valence-electron chi connectivity index (χ0n) is 6.97. The minimum Gasteiger partial charge on any atom is -0.548 e. The topological polar surface area (TPSA) is 66.2 Å². The Morgan fingerprint density at radius 3 is 1.80 bits per heavy atom. The minimum absolute atomic E-state index is 0. The zero-order valence-corrected chi connectivity index (χ0v) is 10.1. The van der Waals surface area contributed by atoms with Crippen LogP contribution < -0.4 is 62.2 Å². The van der Waals surface area contributed by atoms with Gasteiger partial charge in [-0.2, -0.15) is 0 Å².